The Kier molecular flexibility index (Phi) is 3.16. The molecule has 52 valence electrons. The summed E-state index contributed by atoms with van der Waals surface area (Å²) in [5.74, 6) is 0. The molecular weight excluding hydrogens is 256 g/mol. The van der Waals surface area contributed by atoms with Crippen LogP contribution in [0.25, 0.3) is 6.08 Å². The van der Waals surface area contributed by atoms with E-state index in [4.69, 9.17) is 0 Å². The van der Waals surface area contributed by atoms with Gasteiger partial charge in [0, 0.05) is 4.47 Å². The molecule has 0 aromatic heterocycles. The van der Waals surface area contributed by atoms with Gasteiger partial charge in [0.15, 0.2) is 0 Å². The van der Waals surface area contributed by atoms with Gasteiger partial charge in [-0.05, 0) is 22.7 Å². The van der Waals surface area contributed by atoms with Crippen molar-refractivity contribution in [3.05, 3.63) is 39.3 Å². The van der Waals surface area contributed by atoms with E-state index in [0.29, 0.717) is 0 Å². The van der Waals surface area contributed by atoms with Crippen molar-refractivity contribution in [2.45, 2.75) is 0 Å². The van der Waals surface area contributed by atoms with Gasteiger partial charge < -0.3 is 0 Å². The van der Waals surface area contributed by atoms with E-state index in [2.05, 4.69) is 31.9 Å². The number of benzene rings is 1. The van der Waals surface area contributed by atoms with E-state index in [-0.39, 0.29) is 0 Å². The van der Waals surface area contributed by atoms with Crippen molar-refractivity contribution >= 4 is 37.9 Å². The highest BCUT2D eigenvalue weighted by Crippen LogP contribution is 2.17. The van der Waals surface area contributed by atoms with Crippen molar-refractivity contribution in [1.82, 2.24) is 0 Å². The van der Waals surface area contributed by atoms with Crippen molar-refractivity contribution < 1.29 is 0 Å². The van der Waals surface area contributed by atoms with Crippen LogP contribution in [0.3, 0.4) is 0 Å². The van der Waals surface area contributed by atoms with Gasteiger partial charge in [-0.1, -0.05) is 50.1 Å². The van der Waals surface area contributed by atoms with Crippen LogP contribution in [0, 0.1) is 0 Å². The molecule has 0 saturated heterocycles. The van der Waals surface area contributed by atoms with Crippen LogP contribution in [0.5, 0.6) is 0 Å². The Bertz CT molecular complexity index is 241. The molecule has 2 heteroatoms. The monoisotopic (exact) mass is 260 g/mol. The van der Waals surface area contributed by atoms with Crippen LogP contribution in [0.15, 0.2) is 33.7 Å². The molecule has 0 fully saturated rings. The highest BCUT2D eigenvalue weighted by atomic mass is 79.9. The van der Waals surface area contributed by atoms with Gasteiger partial charge in [-0.25, -0.2) is 0 Å². The molecule has 0 unspecified atom stereocenters. The number of hydrogen-bond acceptors (Lipinski definition) is 0. The fourth-order valence-electron chi connectivity index (χ4n) is 0.678. The summed E-state index contributed by atoms with van der Waals surface area (Å²) in [6, 6.07) is 8.06. The number of rotatable bonds is 1. The molecule has 1 aromatic rings. The van der Waals surface area contributed by atoms with Gasteiger partial charge in [-0.15, -0.1) is 0 Å². The SMILES string of the molecule is Br/C=C/c1ccccc1Br. The highest BCUT2D eigenvalue weighted by Gasteiger charge is 1.90. The second kappa shape index (κ2) is 3.94. The van der Waals surface area contributed by atoms with E-state index in [0.717, 1.165) is 4.47 Å². The van der Waals surface area contributed by atoms with Gasteiger partial charge in [-0.3, -0.25) is 0 Å². The van der Waals surface area contributed by atoms with Crippen LogP contribution in [-0.2, 0) is 0 Å². The van der Waals surface area contributed by atoms with E-state index < -0.39 is 0 Å². The summed E-state index contributed by atoms with van der Waals surface area (Å²) >= 11 is 6.64. The molecule has 0 radical (unpaired) electrons. The molecule has 0 heterocycles. The van der Waals surface area contributed by atoms with Crippen LogP contribution in [0.4, 0.5) is 0 Å². The molecule has 10 heavy (non-hydrogen) atoms. The predicted octanol–water partition coefficient (Wildman–Crippen LogP) is 3.81. The lowest BCUT2D eigenvalue weighted by Crippen LogP contribution is -1.71. The first kappa shape index (κ1) is 8.02. The van der Waals surface area contributed by atoms with Crippen molar-refractivity contribution in [3.8, 4) is 0 Å². The summed E-state index contributed by atoms with van der Waals surface area (Å²) in [6.45, 7) is 0. The molecule has 0 saturated carbocycles. The molecule has 0 N–H and O–H groups in total. The van der Waals surface area contributed by atoms with Crippen LogP contribution >= 0.6 is 31.9 Å². The summed E-state index contributed by atoms with van der Waals surface area (Å²) in [6.07, 6.45) is 1.99. The zero-order chi connectivity index (χ0) is 7.40. The highest BCUT2D eigenvalue weighted by molar-refractivity contribution is 9.11. The van der Waals surface area contributed by atoms with E-state index in [1.54, 1.807) is 0 Å². The summed E-state index contributed by atoms with van der Waals surface area (Å²) in [5, 5.41) is 0. The zero-order valence-corrected chi connectivity index (χ0v) is 8.39. The van der Waals surface area contributed by atoms with Crippen LogP contribution in [0.2, 0.25) is 0 Å². The standard InChI is InChI=1S/C8H6Br2/c9-6-5-7-3-1-2-4-8(7)10/h1-6H/b6-5+. The van der Waals surface area contributed by atoms with Gasteiger partial charge in [0.1, 0.15) is 0 Å². The summed E-state index contributed by atoms with van der Waals surface area (Å²) in [4.78, 5) is 1.84. The van der Waals surface area contributed by atoms with Crippen molar-refractivity contribution in [2.75, 3.05) is 0 Å². The van der Waals surface area contributed by atoms with Gasteiger partial charge in [0.2, 0.25) is 0 Å². The molecule has 1 rings (SSSR count). The van der Waals surface area contributed by atoms with Crippen LogP contribution in [-0.4, -0.2) is 0 Å². The third-order valence-electron chi connectivity index (χ3n) is 1.15. The van der Waals surface area contributed by atoms with E-state index in [1.165, 1.54) is 5.56 Å². The Labute approximate surface area is 77.2 Å². The van der Waals surface area contributed by atoms with Gasteiger partial charge in [0.25, 0.3) is 0 Å². The molecule has 0 aliphatic rings. The molecular formula is C8H6Br2. The second-order valence-corrected chi connectivity index (χ2v) is 3.20. The molecule has 0 amide bonds. The largest absolute Gasteiger partial charge is 0.0616 e. The Morgan fingerprint density at radius 1 is 1.20 bits per heavy atom. The maximum Gasteiger partial charge on any atom is 0.0247 e. The van der Waals surface area contributed by atoms with Crippen LogP contribution < -0.4 is 0 Å². The molecule has 0 bridgehead atoms. The quantitative estimate of drug-likeness (QED) is 0.721. The maximum absolute atomic E-state index is 3.43. The van der Waals surface area contributed by atoms with E-state index in [1.807, 2.05) is 35.3 Å². The Hall–Kier alpha value is -0.0800. The van der Waals surface area contributed by atoms with Gasteiger partial charge in [0.05, 0.1) is 0 Å². The zero-order valence-electron chi connectivity index (χ0n) is 5.22. The minimum absolute atomic E-state index is 1.12. The number of halogens is 2. The number of hydrogen-bond donors (Lipinski definition) is 0. The third-order valence-corrected chi connectivity index (χ3v) is 2.13. The summed E-state index contributed by atoms with van der Waals surface area (Å²) in [5.41, 5.74) is 1.18. The molecule has 0 nitrogen and oxygen atoms in total. The Morgan fingerprint density at radius 2 is 1.90 bits per heavy atom. The van der Waals surface area contributed by atoms with Gasteiger partial charge in [-0.2, -0.15) is 0 Å². The lowest BCUT2D eigenvalue weighted by atomic mass is 10.2. The lowest BCUT2D eigenvalue weighted by Gasteiger charge is -1.94. The van der Waals surface area contributed by atoms with E-state index >= 15 is 0 Å². The second-order valence-electron chi connectivity index (χ2n) is 1.81. The predicted molar refractivity (Wildman–Crippen MR) is 52.1 cm³/mol. The summed E-state index contributed by atoms with van der Waals surface area (Å²) < 4.78 is 1.12. The van der Waals surface area contributed by atoms with Crippen molar-refractivity contribution in [2.24, 2.45) is 0 Å². The lowest BCUT2D eigenvalue weighted by molar-refractivity contribution is 1.61. The smallest absolute Gasteiger partial charge is 0.0247 e. The summed E-state index contributed by atoms with van der Waals surface area (Å²) in [7, 11) is 0. The van der Waals surface area contributed by atoms with Crippen molar-refractivity contribution in [3.63, 3.8) is 0 Å². The average Bonchev–Trinajstić information content (AvgIpc) is 1.94. The molecule has 0 aliphatic heterocycles. The topological polar surface area (TPSA) is 0 Å². The average molecular weight is 262 g/mol. The first-order chi connectivity index (χ1) is 4.84. The molecule has 1 aromatic carbocycles. The molecule has 0 aliphatic carbocycles. The minimum atomic E-state index is 1.12. The Balaban J connectivity index is 3.03. The van der Waals surface area contributed by atoms with Crippen molar-refractivity contribution in [1.29, 1.82) is 0 Å². The fourth-order valence-corrected chi connectivity index (χ4v) is 1.38. The fraction of sp³-hybridized carbons (Fsp3) is 0. The maximum atomic E-state index is 3.43. The first-order valence-corrected chi connectivity index (χ1v) is 4.57. The molecule has 0 spiro atoms. The van der Waals surface area contributed by atoms with E-state index in [9.17, 15) is 0 Å². The molecule has 0 atom stereocenters. The first-order valence-electron chi connectivity index (χ1n) is 2.86. The third kappa shape index (κ3) is 1.96. The van der Waals surface area contributed by atoms with Gasteiger partial charge >= 0.3 is 0 Å². The van der Waals surface area contributed by atoms with Crippen LogP contribution in [0.1, 0.15) is 5.56 Å². The minimum Gasteiger partial charge on any atom is -0.0616 e. The Morgan fingerprint density at radius 3 is 2.50 bits per heavy atom. The normalized spacial score (nSPS) is 10.6.